The lowest BCUT2D eigenvalue weighted by atomic mass is 9.74. The van der Waals surface area contributed by atoms with Gasteiger partial charge in [-0.25, -0.2) is 0 Å². The van der Waals surface area contributed by atoms with E-state index < -0.39 is 0 Å². The van der Waals surface area contributed by atoms with Gasteiger partial charge in [-0.05, 0) is 75.3 Å². The molecule has 1 aromatic rings. The van der Waals surface area contributed by atoms with Crippen LogP contribution in [0.25, 0.3) is 0 Å². The highest BCUT2D eigenvalue weighted by Gasteiger charge is 2.42. The van der Waals surface area contributed by atoms with Crippen LogP contribution in [0.5, 0.6) is 0 Å². The van der Waals surface area contributed by atoms with Crippen molar-refractivity contribution in [1.82, 2.24) is 4.90 Å². The van der Waals surface area contributed by atoms with Gasteiger partial charge in [0.05, 0.1) is 0 Å². The Labute approximate surface area is 158 Å². The molecule has 1 saturated heterocycles. The molecule has 3 rings (SSSR count). The number of hydrogen-bond acceptors (Lipinski definition) is 3. The number of likely N-dealkylation sites (tertiary alicyclic amines) is 1. The Hall–Kier alpha value is -1.13. The molecule has 1 spiro atoms. The molecular weight excluding hydrogens is 328 g/mol. The van der Waals surface area contributed by atoms with Crippen molar-refractivity contribution in [3.8, 4) is 0 Å². The first-order valence-electron chi connectivity index (χ1n) is 9.96. The summed E-state index contributed by atoms with van der Waals surface area (Å²) < 4.78 is 5.78. The minimum Gasteiger partial charge on any atom is -0.469 e. The number of nitrogens with zero attached hydrogens (tertiary/aromatic N) is 1. The van der Waals surface area contributed by atoms with Crippen LogP contribution >= 0.6 is 12.2 Å². The van der Waals surface area contributed by atoms with Crippen LogP contribution in [0.1, 0.15) is 58.3 Å². The molecule has 0 amide bonds. The highest BCUT2D eigenvalue weighted by atomic mass is 32.1. The number of para-hydroxylation sites is 1. The van der Waals surface area contributed by atoms with Crippen LogP contribution in [0.15, 0.2) is 30.3 Å². The van der Waals surface area contributed by atoms with Crippen molar-refractivity contribution in [2.24, 2.45) is 5.92 Å². The van der Waals surface area contributed by atoms with E-state index in [2.05, 4.69) is 17.1 Å². The van der Waals surface area contributed by atoms with Crippen molar-refractivity contribution < 1.29 is 4.74 Å². The highest BCUT2D eigenvalue weighted by molar-refractivity contribution is 7.80. The van der Waals surface area contributed by atoms with Gasteiger partial charge in [-0.3, -0.25) is 4.90 Å². The average molecular weight is 361 g/mol. The van der Waals surface area contributed by atoms with E-state index in [1.165, 1.54) is 57.9 Å². The van der Waals surface area contributed by atoms with Gasteiger partial charge in [-0.2, -0.15) is 0 Å². The SMILES string of the molecule is CCCC1CCC2(CCCN2CCOC(=S)Nc2ccccc2)CC1. The fourth-order valence-electron chi connectivity index (χ4n) is 4.75. The van der Waals surface area contributed by atoms with Crippen LogP contribution in [0.2, 0.25) is 0 Å². The van der Waals surface area contributed by atoms with Crippen LogP contribution in [-0.2, 0) is 4.74 Å². The number of ether oxygens (including phenoxy) is 1. The molecule has 4 heteroatoms. The summed E-state index contributed by atoms with van der Waals surface area (Å²) in [5, 5.41) is 3.63. The minimum atomic E-state index is 0.460. The molecule has 1 aromatic carbocycles. The Kier molecular flexibility index (Phi) is 6.71. The van der Waals surface area contributed by atoms with Crippen LogP contribution in [-0.4, -0.2) is 35.3 Å². The van der Waals surface area contributed by atoms with Crippen molar-refractivity contribution in [3.63, 3.8) is 0 Å². The van der Waals surface area contributed by atoms with Crippen LogP contribution < -0.4 is 5.32 Å². The molecule has 3 nitrogen and oxygen atoms in total. The van der Waals surface area contributed by atoms with Gasteiger partial charge in [-0.15, -0.1) is 0 Å². The summed E-state index contributed by atoms with van der Waals surface area (Å²) >= 11 is 5.32. The quantitative estimate of drug-likeness (QED) is 0.703. The second-order valence-corrected chi connectivity index (χ2v) is 8.04. The largest absolute Gasteiger partial charge is 0.469 e. The fourth-order valence-corrected chi connectivity index (χ4v) is 4.95. The summed E-state index contributed by atoms with van der Waals surface area (Å²) in [6.07, 6.45) is 11.1. The first-order valence-corrected chi connectivity index (χ1v) is 10.4. The molecule has 0 atom stereocenters. The van der Waals surface area contributed by atoms with E-state index in [9.17, 15) is 0 Å². The van der Waals surface area contributed by atoms with Crippen LogP contribution in [0, 0.1) is 5.92 Å². The second kappa shape index (κ2) is 9.00. The lowest BCUT2D eigenvalue weighted by Crippen LogP contribution is -2.47. The Balaban J connectivity index is 1.42. The Morgan fingerprint density at radius 1 is 1.24 bits per heavy atom. The number of thiocarbonyl (C=S) groups is 1. The average Bonchev–Trinajstić information content (AvgIpc) is 3.00. The number of benzene rings is 1. The molecule has 1 heterocycles. The maximum absolute atomic E-state index is 5.78. The molecular formula is C21H32N2OS. The first-order chi connectivity index (χ1) is 12.2. The molecule has 1 N–H and O–H groups in total. The lowest BCUT2D eigenvalue weighted by molar-refractivity contribution is 0.0596. The van der Waals surface area contributed by atoms with E-state index in [1.54, 1.807) is 0 Å². The maximum Gasteiger partial charge on any atom is 0.261 e. The molecule has 1 aliphatic heterocycles. The van der Waals surface area contributed by atoms with Gasteiger partial charge in [0.25, 0.3) is 5.17 Å². The monoisotopic (exact) mass is 360 g/mol. The molecule has 2 fully saturated rings. The van der Waals surface area contributed by atoms with Crippen molar-refractivity contribution in [2.45, 2.75) is 63.8 Å². The van der Waals surface area contributed by atoms with Gasteiger partial charge in [0.1, 0.15) is 6.61 Å². The van der Waals surface area contributed by atoms with Gasteiger partial charge in [-0.1, -0.05) is 38.0 Å². The van der Waals surface area contributed by atoms with Gasteiger partial charge in [0.2, 0.25) is 0 Å². The predicted molar refractivity (Wildman–Crippen MR) is 109 cm³/mol. The van der Waals surface area contributed by atoms with Gasteiger partial charge in [0.15, 0.2) is 0 Å². The normalized spacial score (nSPS) is 26.7. The third kappa shape index (κ3) is 4.95. The van der Waals surface area contributed by atoms with E-state index in [1.807, 2.05) is 30.3 Å². The Morgan fingerprint density at radius 3 is 2.72 bits per heavy atom. The van der Waals surface area contributed by atoms with Gasteiger partial charge < -0.3 is 10.1 Å². The Bertz CT molecular complexity index is 540. The van der Waals surface area contributed by atoms with Gasteiger partial charge in [0, 0.05) is 17.8 Å². The van der Waals surface area contributed by atoms with E-state index in [0.29, 0.717) is 17.3 Å². The third-order valence-electron chi connectivity index (χ3n) is 6.09. The topological polar surface area (TPSA) is 24.5 Å². The fraction of sp³-hybridized carbons (Fsp3) is 0.667. The van der Waals surface area contributed by atoms with E-state index >= 15 is 0 Å². The number of hydrogen-bond donors (Lipinski definition) is 1. The zero-order valence-electron chi connectivity index (χ0n) is 15.5. The predicted octanol–water partition coefficient (Wildman–Crippen LogP) is 5.22. The number of rotatable bonds is 6. The van der Waals surface area contributed by atoms with Crippen molar-refractivity contribution in [2.75, 3.05) is 25.0 Å². The van der Waals surface area contributed by atoms with Gasteiger partial charge >= 0.3 is 0 Å². The summed E-state index contributed by atoms with van der Waals surface area (Å²) in [5.74, 6) is 0.969. The summed E-state index contributed by atoms with van der Waals surface area (Å²) in [4.78, 5) is 2.69. The van der Waals surface area contributed by atoms with Crippen molar-refractivity contribution >= 4 is 23.1 Å². The third-order valence-corrected chi connectivity index (χ3v) is 6.31. The smallest absolute Gasteiger partial charge is 0.261 e. The molecule has 0 bridgehead atoms. The molecule has 0 aromatic heterocycles. The van der Waals surface area contributed by atoms with Crippen molar-refractivity contribution in [3.05, 3.63) is 30.3 Å². The molecule has 138 valence electrons. The lowest BCUT2D eigenvalue weighted by Gasteiger charge is -2.44. The van der Waals surface area contributed by atoms with Crippen LogP contribution in [0.4, 0.5) is 5.69 Å². The molecule has 25 heavy (non-hydrogen) atoms. The summed E-state index contributed by atoms with van der Waals surface area (Å²) in [6.45, 7) is 5.21. The molecule has 2 aliphatic rings. The van der Waals surface area contributed by atoms with E-state index in [-0.39, 0.29) is 0 Å². The summed E-state index contributed by atoms with van der Waals surface area (Å²) in [6, 6.07) is 9.98. The highest BCUT2D eigenvalue weighted by Crippen LogP contribution is 2.44. The first kappa shape index (κ1) is 18.7. The van der Waals surface area contributed by atoms with E-state index in [4.69, 9.17) is 17.0 Å². The molecule has 1 saturated carbocycles. The Morgan fingerprint density at radius 2 is 2.00 bits per heavy atom. The standard InChI is InChI=1S/C21H32N2OS/c1-2-7-18-10-13-21(14-11-18)12-6-15-23(21)16-17-24-20(25)22-19-8-4-3-5-9-19/h3-5,8-9,18H,2,6-7,10-17H2,1H3,(H,22,25). The van der Waals surface area contributed by atoms with Crippen molar-refractivity contribution in [1.29, 1.82) is 0 Å². The zero-order valence-corrected chi connectivity index (χ0v) is 16.3. The zero-order chi connectivity index (χ0) is 17.5. The van der Waals surface area contributed by atoms with E-state index in [0.717, 1.165) is 18.2 Å². The number of anilines is 1. The summed E-state index contributed by atoms with van der Waals surface area (Å²) in [7, 11) is 0. The van der Waals surface area contributed by atoms with Crippen LogP contribution in [0.3, 0.4) is 0 Å². The molecule has 0 unspecified atom stereocenters. The maximum atomic E-state index is 5.78. The summed E-state index contributed by atoms with van der Waals surface area (Å²) in [5.41, 5.74) is 1.45. The second-order valence-electron chi connectivity index (χ2n) is 7.67. The minimum absolute atomic E-state index is 0.460. The number of nitrogens with one attached hydrogen (secondary N) is 1. The molecule has 0 radical (unpaired) electrons. The molecule has 1 aliphatic carbocycles.